The van der Waals surface area contributed by atoms with Crippen molar-refractivity contribution in [2.45, 2.75) is 0 Å². The van der Waals surface area contributed by atoms with Gasteiger partial charge in [0.2, 0.25) is 0 Å². The molecule has 4 aromatic rings. The van der Waals surface area contributed by atoms with E-state index in [0.717, 1.165) is 10.9 Å². The SMILES string of the molecule is C#Cc1cccc2c(-c3ccccc3)c3ccccc3cc12. The Morgan fingerprint density at radius 1 is 0.636 bits per heavy atom. The number of rotatable bonds is 1. The molecule has 22 heavy (non-hydrogen) atoms. The minimum Gasteiger partial charge on any atom is -0.115 e. The summed E-state index contributed by atoms with van der Waals surface area (Å²) in [5, 5.41) is 4.83. The summed E-state index contributed by atoms with van der Waals surface area (Å²) < 4.78 is 0. The third-order valence-electron chi connectivity index (χ3n) is 4.12. The van der Waals surface area contributed by atoms with Gasteiger partial charge in [-0.2, -0.15) is 0 Å². The molecule has 0 spiro atoms. The van der Waals surface area contributed by atoms with Gasteiger partial charge in [0.1, 0.15) is 0 Å². The molecular formula is C22H14. The van der Waals surface area contributed by atoms with Crippen molar-refractivity contribution in [2.24, 2.45) is 0 Å². The molecule has 0 unspecified atom stereocenters. The summed E-state index contributed by atoms with van der Waals surface area (Å²) in [5.41, 5.74) is 3.42. The molecule has 0 amide bonds. The maximum Gasteiger partial charge on any atom is 0.0321 e. The monoisotopic (exact) mass is 278 g/mol. The zero-order chi connectivity index (χ0) is 14.9. The molecule has 0 heteroatoms. The lowest BCUT2D eigenvalue weighted by molar-refractivity contribution is 1.66. The fourth-order valence-electron chi connectivity index (χ4n) is 3.13. The molecule has 0 heterocycles. The second-order valence-corrected chi connectivity index (χ2v) is 5.38. The average molecular weight is 278 g/mol. The molecule has 0 radical (unpaired) electrons. The third-order valence-corrected chi connectivity index (χ3v) is 4.12. The Morgan fingerprint density at radius 3 is 2.18 bits per heavy atom. The van der Waals surface area contributed by atoms with Crippen LogP contribution in [0.2, 0.25) is 0 Å². The predicted molar refractivity (Wildman–Crippen MR) is 94.8 cm³/mol. The van der Waals surface area contributed by atoms with Crippen LogP contribution in [-0.2, 0) is 0 Å². The van der Waals surface area contributed by atoms with Crippen LogP contribution in [-0.4, -0.2) is 0 Å². The van der Waals surface area contributed by atoms with Gasteiger partial charge in [0, 0.05) is 5.56 Å². The van der Waals surface area contributed by atoms with E-state index in [4.69, 9.17) is 6.42 Å². The van der Waals surface area contributed by atoms with Gasteiger partial charge in [-0.05, 0) is 44.8 Å². The van der Waals surface area contributed by atoms with Gasteiger partial charge in [0.15, 0.2) is 0 Å². The molecule has 0 aliphatic rings. The molecule has 0 saturated heterocycles. The predicted octanol–water partition coefficient (Wildman–Crippen LogP) is 5.64. The lowest BCUT2D eigenvalue weighted by atomic mass is 9.90. The average Bonchev–Trinajstić information content (AvgIpc) is 2.60. The number of hydrogen-bond donors (Lipinski definition) is 0. The van der Waals surface area contributed by atoms with Gasteiger partial charge < -0.3 is 0 Å². The Morgan fingerprint density at radius 2 is 1.36 bits per heavy atom. The molecule has 102 valence electrons. The highest BCUT2D eigenvalue weighted by molar-refractivity contribution is 6.13. The van der Waals surface area contributed by atoms with Crippen molar-refractivity contribution in [3.63, 3.8) is 0 Å². The van der Waals surface area contributed by atoms with Crippen LogP contribution in [0.25, 0.3) is 32.7 Å². The Kier molecular flexibility index (Phi) is 2.92. The van der Waals surface area contributed by atoms with Crippen molar-refractivity contribution >= 4 is 21.5 Å². The van der Waals surface area contributed by atoms with Gasteiger partial charge in [-0.1, -0.05) is 72.7 Å². The Labute approximate surface area is 130 Å². The maximum absolute atomic E-state index is 5.70. The number of terminal acetylenes is 1. The van der Waals surface area contributed by atoms with E-state index < -0.39 is 0 Å². The molecule has 0 nitrogen and oxygen atoms in total. The fraction of sp³-hybridized carbons (Fsp3) is 0. The van der Waals surface area contributed by atoms with E-state index in [1.54, 1.807) is 0 Å². The Bertz CT molecular complexity index is 1020. The van der Waals surface area contributed by atoms with E-state index >= 15 is 0 Å². The second kappa shape index (κ2) is 5.06. The van der Waals surface area contributed by atoms with Crippen molar-refractivity contribution in [2.75, 3.05) is 0 Å². The van der Waals surface area contributed by atoms with Crippen LogP contribution >= 0.6 is 0 Å². The van der Waals surface area contributed by atoms with E-state index in [-0.39, 0.29) is 0 Å². The first kappa shape index (κ1) is 12.7. The zero-order valence-electron chi connectivity index (χ0n) is 12.1. The topological polar surface area (TPSA) is 0 Å². The summed E-state index contributed by atoms with van der Waals surface area (Å²) in [7, 11) is 0. The minimum absolute atomic E-state index is 0.945. The molecule has 4 aromatic carbocycles. The van der Waals surface area contributed by atoms with Crippen LogP contribution < -0.4 is 0 Å². The van der Waals surface area contributed by atoms with Gasteiger partial charge in [-0.15, -0.1) is 6.42 Å². The van der Waals surface area contributed by atoms with Gasteiger partial charge in [0.05, 0.1) is 0 Å². The second-order valence-electron chi connectivity index (χ2n) is 5.38. The summed E-state index contributed by atoms with van der Waals surface area (Å²) in [6, 6.07) is 27.4. The standard InChI is InChI=1S/C22H14/c1-2-16-12-8-14-20-21(16)15-18-11-6-7-13-19(18)22(20)17-9-4-3-5-10-17/h1,3-15H. The molecule has 0 aliphatic heterocycles. The summed E-state index contributed by atoms with van der Waals surface area (Å²) in [5.74, 6) is 2.81. The van der Waals surface area contributed by atoms with Crippen molar-refractivity contribution in [3.8, 4) is 23.5 Å². The third kappa shape index (κ3) is 1.88. The smallest absolute Gasteiger partial charge is 0.0321 e. The Hall–Kier alpha value is -3.04. The highest BCUT2D eigenvalue weighted by atomic mass is 14.1. The van der Waals surface area contributed by atoms with E-state index in [1.165, 1.54) is 27.3 Å². The number of fused-ring (bicyclic) bond motifs is 2. The molecule has 0 aromatic heterocycles. The van der Waals surface area contributed by atoms with Crippen molar-refractivity contribution in [1.82, 2.24) is 0 Å². The van der Waals surface area contributed by atoms with Crippen LogP contribution in [0.1, 0.15) is 5.56 Å². The molecule has 0 bridgehead atoms. The van der Waals surface area contributed by atoms with Crippen LogP contribution in [0.15, 0.2) is 78.9 Å². The molecule has 0 N–H and O–H groups in total. The molecule has 0 fully saturated rings. The number of benzene rings is 4. The molecule has 0 saturated carbocycles. The fourth-order valence-corrected chi connectivity index (χ4v) is 3.13. The van der Waals surface area contributed by atoms with Crippen LogP contribution in [0.5, 0.6) is 0 Å². The van der Waals surface area contributed by atoms with Gasteiger partial charge in [-0.3, -0.25) is 0 Å². The summed E-state index contributed by atoms with van der Waals surface area (Å²) in [6.45, 7) is 0. The Balaban J connectivity index is 2.26. The first-order valence-electron chi connectivity index (χ1n) is 7.35. The summed E-state index contributed by atoms with van der Waals surface area (Å²) in [4.78, 5) is 0. The minimum atomic E-state index is 0.945. The molecule has 0 atom stereocenters. The van der Waals surface area contributed by atoms with E-state index in [0.29, 0.717) is 0 Å². The van der Waals surface area contributed by atoms with Gasteiger partial charge in [-0.25, -0.2) is 0 Å². The summed E-state index contributed by atoms with van der Waals surface area (Å²) in [6.07, 6.45) is 5.70. The number of hydrogen-bond acceptors (Lipinski definition) is 0. The van der Waals surface area contributed by atoms with Crippen molar-refractivity contribution < 1.29 is 0 Å². The lowest BCUT2D eigenvalue weighted by Gasteiger charge is -2.13. The van der Waals surface area contributed by atoms with Crippen LogP contribution in [0, 0.1) is 12.3 Å². The highest BCUT2D eigenvalue weighted by Crippen LogP contribution is 2.37. The zero-order valence-corrected chi connectivity index (χ0v) is 12.1. The molecule has 0 aliphatic carbocycles. The van der Waals surface area contributed by atoms with E-state index in [2.05, 4.69) is 66.6 Å². The van der Waals surface area contributed by atoms with Crippen molar-refractivity contribution in [3.05, 3.63) is 84.4 Å². The molecule has 4 rings (SSSR count). The van der Waals surface area contributed by atoms with Crippen LogP contribution in [0.3, 0.4) is 0 Å². The molecular weight excluding hydrogens is 264 g/mol. The van der Waals surface area contributed by atoms with Crippen LogP contribution in [0.4, 0.5) is 0 Å². The van der Waals surface area contributed by atoms with E-state index in [1.807, 2.05) is 18.2 Å². The van der Waals surface area contributed by atoms with Crippen molar-refractivity contribution in [1.29, 1.82) is 0 Å². The van der Waals surface area contributed by atoms with Gasteiger partial charge in [0.25, 0.3) is 0 Å². The maximum atomic E-state index is 5.70. The normalized spacial score (nSPS) is 10.7. The van der Waals surface area contributed by atoms with E-state index in [9.17, 15) is 0 Å². The lowest BCUT2D eigenvalue weighted by Crippen LogP contribution is -1.87. The quantitative estimate of drug-likeness (QED) is 0.312. The highest BCUT2D eigenvalue weighted by Gasteiger charge is 2.10. The first-order valence-corrected chi connectivity index (χ1v) is 7.35. The van der Waals surface area contributed by atoms with Gasteiger partial charge >= 0.3 is 0 Å². The first-order chi connectivity index (χ1) is 10.9. The summed E-state index contributed by atoms with van der Waals surface area (Å²) >= 11 is 0. The largest absolute Gasteiger partial charge is 0.115 e.